The molecule has 1 atom stereocenters. The Balaban J connectivity index is 1.48. The van der Waals surface area contributed by atoms with E-state index in [4.69, 9.17) is 5.21 Å². The number of carbonyl (C=O) groups excluding carboxylic acids is 1. The number of nitrogens with one attached hydrogen (secondary N) is 1. The first-order chi connectivity index (χ1) is 14.6. The SMILES string of the molecule is CCN(CCc1cn(C)c2ccccc12)C1CCc2cc(/C=C/C(=O)NO)ccc21. The van der Waals surface area contributed by atoms with Gasteiger partial charge < -0.3 is 4.57 Å². The molecule has 4 rings (SSSR count). The molecule has 0 saturated heterocycles. The molecule has 1 aliphatic carbocycles. The van der Waals surface area contributed by atoms with Crippen molar-refractivity contribution in [3.63, 3.8) is 0 Å². The van der Waals surface area contributed by atoms with E-state index in [9.17, 15) is 4.79 Å². The number of fused-ring (bicyclic) bond motifs is 2. The van der Waals surface area contributed by atoms with Gasteiger partial charge in [-0.1, -0.05) is 43.3 Å². The number of nitrogens with zero attached hydrogens (tertiary/aromatic N) is 2. The first-order valence-corrected chi connectivity index (χ1v) is 10.6. The normalized spacial score (nSPS) is 15.9. The molecule has 1 aromatic heterocycles. The van der Waals surface area contributed by atoms with Crippen molar-refractivity contribution < 1.29 is 10.0 Å². The van der Waals surface area contributed by atoms with Gasteiger partial charge in [0.25, 0.3) is 5.91 Å². The molecule has 0 saturated carbocycles. The van der Waals surface area contributed by atoms with Crippen molar-refractivity contribution in [3.8, 4) is 0 Å². The predicted molar refractivity (Wildman–Crippen MR) is 120 cm³/mol. The number of aromatic nitrogens is 1. The van der Waals surface area contributed by atoms with E-state index in [0.717, 1.165) is 37.9 Å². The van der Waals surface area contributed by atoms with E-state index in [-0.39, 0.29) is 0 Å². The summed E-state index contributed by atoms with van der Waals surface area (Å²) in [5, 5.41) is 9.98. The fourth-order valence-corrected chi connectivity index (χ4v) is 4.73. The zero-order valence-electron chi connectivity index (χ0n) is 17.6. The minimum absolute atomic E-state index is 0.443. The number of amides is 1. The van der Waals surface area contributed by atoms with Crippen molar-refractivity contribution in [2.75, 3.05) is 13.1 Å². The number of para-hydroxylation sites is 1. The van der Waals surface area contributed by atoms with Gasteiger partial charge in [0.1, 0.15) is 0 Å². The molecule has 1 aliphatic rings. The first kappa shape index (κ1) is 20.4. The molecule has 156 valence electrons. The van der Waals surface area contributed by atoms with Crippen LogP contribution in [0, 0.1) is 0 Å². The predicted octanol–water partition coefficient (Wildman–Crippen LogP) is 4.25. The lowest BCUT2D eigenvalue weighted by molar-refractivity contribution is -0.124. The van der Waals surface area contributed by atoms with Crippen LogP contribution in [0.15, 0.2) is 54.7 Å². The van der Waals surface area contributed by atoms with Crippen molar-refractivity contribution in [2.24, 2.45) is 7.05 Å². The Hall–Kier alpha value is -2.89. The Bertz CT molecular complexity index is 1080. The quantitative estimate of drug-likeness (QED) is 0.352. The summed E-state index contributed by atoms with van der Waals surface area (Å²) in [4.78, 5) is 13.8. The lowest BCUT2D eigenvalue weighted by Gasteiger charge is -2.28. The van der Waals surface area contributed by atoms with Gasteiger partial charge in [0, 0.05) is 42.8 Å². The van der Waals surface area contributed by atoms with Crippen LogP contribution in [0.1, 0.15) is 41.6 Å². The van der Waals surface area contributed by atoms with E-state index >= 15 is 0 Å². The maximum Gasteiger partial charge on any atom is 0.267 e. The molecule has 0 aliphatic heterocycles. The smallest absolute Gasteiger partial charge is 0.267 e. The van der Waals surface area contributed by atoms with Crippen LogP contribution in [0.3, 0.4) is 0 Å². The van der Waals surface area contributed by atoms with Gasteiger partial charge >= 0.3 is 0 Å². The average Bonchev–Trinajstić information content (AvgIpc) is 3.34. The van der Waals surface area contributed by atoms with Gasteiger partial charge in [-0.15, -0.1) is 0 Å². The average molecular weight is 404 g/mol. The molecule has 0 spiro atoms. The van der Waals surface area contributed by atoms with Gasteiger partial charge in [-0.2, -0.15) is 0 Å². The number of rotatable bonds is 7. The van der Waals surface area contributed by atoms with E-state index in [1.165, 1.54) is 33.7 Å². The van der Waals surface area contributed by atoms with Gasteiger partial charge in [-0.25, -0.2) is 5.48 Å². The fraction of sp³-hybridized carbons (Fsp3) is 0.320. The molecular weight excluding hydrogens is 374 g/mol. The number of hydroxylamine groups is 1. The summed E-state index contributed by atoms with van der Waals surface area (Å²) in [5.74, 6) is -0.515. The van der Waals surface area contributed by atoms with Crippen LogP contribution in [0.5, 0.6) is 0 Å². The molecule has 5 heteroatoms. The Kier molecular flexibility index (Phi) is 6.02. The Morgan fingerprint density at radius 3 is 2.93 bits per heavy atom. The standard InChI is InChI=1S/C25H29N3O2/c1-3-28(15-14-20-17-27(2)23-7-5-4-6-21(20)23)24-12-10-19-16-18(8-11-22(19)24)9-13-25(29)26-30/h4-9,11,13,16-17,24,30H,3,10,12,14-15H2,1-2H3,(H,26,29)/b13-9+. The van der Waals surface area contributed by atoms with E-state index in [1.807, 2.05) is 0 Å². The fourth-order valence-electron chi connectivity index (χ4n) is 4.73. The number of likely N-dealkylation sites (N-methyl/N-ethyl adjacent to an activating group) is 1. The lowest BCUT2D eigenvalue weighted by atomic mass is 10.0. The molecular formula is C25H29N3O2. The molecule has 1 amide bonds. The number of hydrogen-bond donors (Lipinski definition) is 2. The van der Waals surface area contributed by atoms with Crippen LogP contribution < -0.4 is 5.48 Å². The molecule has 2 aromatic carbocycles. The van der Waals surface area contributed by atoms with Crippen LogP contribution in [0.4, 0.5) is 0 Å². The number of aryl methyl sites for hydroxylation is 2. The monoisotopic (exact) mass is 403 g/mol. The Morgan fingerprint density at radius 1 is 1.30 bits per heavy atom. The molecule has 1 unspecified atom stereocenters. The van der Waals surface area contributed by atoms with E-state index in [1.54, 1.807) is 11.6 Å². The number of carbonyl (C=O) groups is 1. The van der Waals surface area contributed by atoms with Gasteiger partial charge in [0.2, 0.25) is 0 Å². The van der Waals surface area contributed by atoms with Gasteiger partial charge in [-0.05, 0) is 60.2 Å². The second-order valence-corrected chi connectivity index (χ2v) is 7.98. The van der Waals surface area contributed by atoms with Gasteiger partial charge in [0.15, 0.2) is 0 Å². The third kappa shape index (κ3) is 4.04. The number of hydrogen-bond acceptors (Lipinski definition) is 3. The summed E-state index contributed by atoms with van der Waals surface area (Å²) in [7, 11) is 2.12. The van der Waals surface area contributed by atoms with Crippen LogP contribution in [0.2, 0.25) is 0 Å². The molecule has 3 aromatic rings. The zero-order valence-corrected chi connectivity index (χ0v) is 17.6. The topological polar surface area (TPSA) is 57.5 Å². The van der Waals surface area contributed by atoms with E-state index < -0.39 is 5.91 Å². The maximum absolute atomic E-state index is 11.2. The van der Waals surface area contributed by atoms with Gasteiger partial charge in [-0.3, -0.25) is 14.9 Å². The van der Waals surface area contributed by atoms with E-state index in [0.29, 0.717) is 6.04 Å². The number of benzene rings is 2. The Labute approximate surface area is 177 Å². The molecule has 0 fully saturated rings. The summed E-state index contributed by atoms with van der Waals surface area (Å²) >= 11 is 0. The highest BCUT2D eigenvalue weighted by Crippen LogP contribution is 2.36. The summed E-state index contributed by atoms with van der Waals surface area (Å²) in [5.41, 5.74) is 8.06. The molecule has 0 radical (unpaired) electrons. The van der Waals surface area contributed by atoms with Crippen LogP contribution in [0.25, 0.3) is 17.0 Å². The highest BCUT2D eigenvalue weighted by Gasteiger charge is 2.27. The summed E-state index contributed by atoms with van der Waals surface area (Å²) in [6.45, 7) is 4.30. The zero-order chi connectivity index (χ0) is 21.1. The molecule has 30 heavy (non-hydrogen) atoms. The Morgan fingerprint density at radius 2 is 2.13 bits per heavy atom. The largest absolute Gasteiger partial charge is 0.350 e. The summed E-state index contributed by atoms with van der Waals surface area (Å²) < 4.78 is 2.22. The third-order valence-corrected chi connectivity index (χ3v) is 6.25. The van der Waals surface area contributed by atoms with Crippen molar-refractivity contribution in [3.05, 3.63) is 77.0 Å². The first-order valence-electron chi connectivity index (χ1n) is 10.6. The van der Waals surface area contributed by atoms with Crippen molar-refractivity contribution >= 4 is 22.9 Å². The third-order valence-electron chi connectivity index (χ3n) is 6.25. The molecule has 1 heterocycles. The maximum atomic E-state index is 11.2. The van der Waals surface area contributed by atoms with Crippen molar-refractivity contribution in [1.29, 1.82) is 0 Å². The second-order valence-electron chi connectivity index (χ2n) is 7.98. The molecule has 0 bridgehead atoms. The minimum atomic E-state index is -0.515. The van der Waals surface area contributed by atoms with Crippen LogP contribution >= 0.6 is 0 Å². The molecule has 2 N–H and O–H groups in total. The van der Waals surface area contributed by atoms with Gasteiger partial charge in [0.05, 0.1) is 0 Å². The van der Waals surface area contributed by atoms with Crippen LogP contribution in [-0.2, 0) is 24.7 Å². The summed E-state index contributed by atoms with van der Waals surface area (Å²) in [6.07, 6.45) is 8.57. The highest BCUT2D eigenvalue weighted by atomic mass is 16.5. The van der Waals surface area contributed by atoms with Crippen molar-refractivity contribution in [1.82, 2.24) is 14.9 Å². The summed E-state index contributed by atoms with van der Waals surface area (Å²) in [6, 6.07) is 15.5. The van der Waals surface area contributed by atoms with E-state index in [2.05, 4.69) is 72.1 Å². The molecule has 5 nitrogen and oxygen atoms in total. The van der Waals surface area contributed by atoms with Crippen LogP contribution in [-0.4, -0.2) is 33.7 Å². The lowest BCUT2D eigenvalue weighted by Crippen LogP contribution is -2.29. The van der Waals surface area contributed by atoms with Crippen molar-refractivity contribution in [2.45, 2.75) is 32.2 Å². The second kappa shape index (κ2) is 8.86. The minimum Gasteiger partial charge on any atom is -0.350 e. The highest BCUT2D eigenvalue weighted by molar-refractivity contribution is 5.90.